The Morgan fingerprint density at radius 3 is 1.39 bits per heavy atom. The number of likely N-dealkylation sites (tertiary alicyclic amines) is 1. The zero-order valence-electron chi connectivity index (χ0n) is 55.2. The molecule has 1 aliphatic heterocycles. The molecule has 0 radical (unpaired) electrons. The van der Waals surface area contributed by atoms with Crippen LogP contribution < -0.4 is 54.0 Å². The Bertz CT molecular complexity index is 4160. The van der Waals surface area contributed by atoms with Crippen molar-refractivity contribution in [1.82, 2.24) is 57.4 Å². The van der Waals surface area contributed by atoms with Crippen molar-refractivity contribution < 1.29 is 82.8 Å². The van der Waals surface area contributed by atoms with Gasteiger partial charge in [-0.2, -0.15) is 0 Å². The molecule has 0 spiro atoms. The van der Waals surface area contributed by atoms with Gasteiger partial charge >= 0.3 is 17.9 Å². The normalized spacial score (nSPS) is 15.4. The number of carbonyl (C=O) groups is 13. The summed E-state index contributed by atoms with van der Waals surface area (Å²) in [4.78, 5) is 187. The number of benzene rings is 5. The third-order valence-corrected chi connectivity index (χ3v) is 17.1. The third-order valence-electron chi connectivity index (χ3n) is 17.1. The van der Waals surface area contributed by atoms with Gasteiger partial charge in [0.2, 0.25) is 59.1 Å². The molecule has 0 saturated carbocycles. The molecule has 0 aliphatic carbocycles. The van der Waals surface area contributed by atoms with E-state index in [0.717, 1.165) is 0 Å². The van der Waals surface area contributed by atoms with Gasteiger partial charge in [-0.1, -0.05) is 123 Å². The monoisotopic (exact) mass is 1390 g/mol. The number of nitrogens with zero attached hydrogens (tertiary/aromatic N) is 1. The molecular weight excluding hydrogens is 1310 g/mol. The van der Waals surface area contributed by atoms with Crippen LogP contribution >= 0.6 is 0 Å². The van der Waals surface area contributed by atoms with Gasteiger partial charge in [-0.3, -0.25) is 57.5 Å². The number of phenolic OH excluding ortho intramolecular Hbond substituents is 1. The highest BCUT2D eigenvalue weighted by molar-refractivity contribution is 6.01. The first-order valence-corrected chi connectivity index (χ1v) is 32.6. The number of aromatic hydroxyl groups is 1. The minimum atomic E-state index is -1.89. The summed E-state index contributed by atoms with van der Waals surface area (Å²) in [5.74, 6) is -15.1. The second kappa shape index (κ2) is 35.0. The van der Waals surface area contributed by atoms with Crippen molar-refractivity contribution in [2.24, 2.45) is 17.4 Å². The van der Waals surface area contributed by atoms with E-state index in [1.54, 1.807) is 135 Å². The number of aliphatic carboxylic acids is 3. The lowest BCUT2D eigenvalue weighted by Gasteiger charge is -2.31. The fourth-order valence-electron chi connectivity index (χ4n) is 11.9. The fourth-order valence-corrected chi connectivity index (χ4v) is 11.9. The van der Waals surface area contributed by atoms with Crippen LogP contribution in [0, 0.1) is 5.92 Å². The molecule has 1 aliphatic rings. The smallest absolute Gasteiger partial charge is 0.326 e. The number of aromatic amines is 2. The van der Waals surface area contributed by atoms with Crippen LogP contribution in [0.1, 0.15) is 73.8 Å². The summed E-state index contributed by atoms with van der Waals surface area (Å²) in [5.41, 5.74) is 15.2. The number of hydrogen-bond donors (Lipinski definition) is 16. The number of carboxylic acids is 3. The fraction of sp³-hybridized carbons (Fsp3) is 0.338. The van der Waals surface area contributed by atoms with E-state index in [0.29, 0.717) is 49.6 Å². The van der Waals surface area contributed by atoms with Gasteiger partial charge in [-0.05, 0) is 70.8 Å². The van der Waals surface area contributed by atoms with Gasteiger partial charge in [0.1, 0.15) is 60.1 Å². The van der Waals surface area contributed by atoms with Gasteiger partial charge in [-0.25, -0.2) is 4.79 Å². The van der Waals surface area contributed by atoms with E-state index in [4.69, 9.17) is 11.5 Å². The van der Waals surface area contributed by atoms with Crippen LogP contribution in [0.3, 0.4) is 0 Å². The maximum absolute atomic E-state index is 15.4. The quantitative estimate of drug-likeness (QED) is 0.0259. The lowest BCUT2D eigenvalue weighted by Crippen LogP contribution is -2.62. The standard InChI is InChI=1S/C71H81N13O17/c1-38(2)61(83-67(96)51(29-41-23-25-44(85)26-24-41)78-63(92)50(28-39-14-5-3-6-15-39)77-66(95)54(35-60(89)90)76-62(91)47(72)33-59(87)88)69(98)80-52(31-42-36-74-48-20-11-9-18-45(42)48)64(93)81-55(32-43-37-75-49-21-12-10-19-46(43)49)70(99)84-27-13-22-57(84)68(97)79-53(34-58(73)86)65(94)82-56(71(100)101)30-40-16-7-4-8-17-40/h3-12,14-21,23-26,36-38,47,50-57,61,74-75,85H,13,22,27-35,72H2,1-2H3,(H2,73,86)(H,76,91)(H,77,95)(H,78,92)(H,79,97)(H,80,98)(H,81,93)(H,82,94)(H,83,96)(H,87,88)(H,89,90)(H,100,101)/t47-,50+,51+,52-,53-,54+,55-,56-,57-,61-/m0/s1. The van der Waals surface area contributed by atoms with Crippen molar-refractivity contribution in [3.05, 3.63) is 174 Å². The molecule has 18 N–H and O–H groups in total. The summed E-state index contributed by atoms with van der Waals surface area (Å²) in [6.07, 6.45) is -0.158. The van der Waals surface area contributed by atoms with Crippen LogP contribution in [0.2, 0.25) is 0 Å². The number of amides is 10. The number of carbonyl (C=O) groups excluding carboxylic acids is 10. The number of nitrogens with one attached hydrogen (secondary N) is 10. The zero-order valence-corrected chi connectivity index (χ0v) is 55.2. The number of rotatable bonds is 35. The molecule has 2 aromatic heterocycles. The number of nitrogens with two attached hydrogens (primary N) is 2. The lowest BCUT2D eigenvalue weighted by molar-refractivity contribution is -0.144. The van der Waals surface area contributed by atoms with Crippen molar-refractivity contribution in [3.63, 3.8) is 0 Å². The number of aromatic nitrogens is 2. The summed E-state index contributed by atoms with van der Waals surface area (Å²) < 4.78 is 0. The van der Waals surface area contributed by atoms with Crippen molar-refractivity contribution in [2.75, 3.05) is 6.54 Å². The summed E-state index contributed by atoms with van der Waals surface area (Å²) in [6.45, 7) is 3.17. The van der Waals surface area contributed by atoms with Crippen LogP contribution in [0.25, 0.3) is 21.8 Å². The summed E-state index contributed by atoms with van der Waals surface area (Å²) in [7, 11) is 0. The zero-order chi connectivity index (χ0) is 73.0. The SMILES string of the molecule is CC(C)[C@H](NC(=O)[C@@H](Cc1ccc(O)cc1)NC(=O)[C@@H](Cc1ccccc1)NC(=O)[C@@H](CC(=O)O)NC(=O)[C@@H](N)CC(=O)O)C(=O)N[C@@H](Cc1c[nH]c2ccccc12)C(=O)N[C@@H](Cc1c[nH]c2ccccc12)C(=O)N1CCC[C@H]1C(=O)N[C@@H](CC(N)=O)C(=O)N[C@@H](Cc1ccccc1)C(=O)O. The first-order valence-electron chi connectivity index (χ1n) is 32.6. The first kappa shape index (κ1) is 74.8. The molecule has 7 aromatic rings. The molecule has 0 bridgehead atoms. The van der Waals surface area contributed by atoms with Gasteiger partial charge in [0.15, 0.2) is 0 Å². The van der Waals surface area contributed by atoms with Gasteiger partial charge in [0.05, 0.1) is 25.3 Å². The molecule has 10 amide bonds. The van der Waals surface area contributed by atoms with Gasteiger partial charge < -0.3 is 89.3 Å². The number of para-hydroxylation sites is 2. The second-order valence-electron chi connectivity index (χ2n) is 25.0. The second-order valence-corrected chi connectivity index (χ2v) is 25.0. The summed E-state index contributed by atoms with van der Waals surface area (Å²) in [6, 6.07) is 20.7. The maximum Gasteiger partial charge on any atom is 0.326 e. The van der Waals surface area contributed by atoms with Crippen molar-refractivity contribution in [2.45, 2.75) is 138 Å². The molecule has 532 valence electrons. The third kappa shape index (κ3) is 21.0. The Hall–Kier alpha value is -12.0. The molecule has 1 fully saturated rings. The van der Waals surface area contributed by atoms with Crippen molar-refractivity contribution in [1.29, 1.82) is 0 Å². The van der Waals surface area contributed by atoms with Gasteiger partial charge in [0.25, 0.3) is 0 Å². The first-order chi connectivity index (χ1) is 48.2. The van der Waals surface area contributed by atoms with Crippen LogP contribution in [0.5, 0.6) is 5.75 Å². The van der Waals surface area contributed by atoms with Crippen molar-refractivity contribution in [3.8, 4) is 5.75 Å². The Kier molecular flexibility index (Phi) is 25.9. The Morgan fingerprint density at radius 1 is 0.465 bits per heavy atom. The lowest BCUT2D eigenvalue weighted by atomic mass is 9.98. The average molecular weight is 1390 g/mol. The van der Waals surface area contributed by atoms with Crippen LogP contribution in [0.4, 0.5) is 0 Å². The highest BCUT2D eigenvalue weighted by Gasteiger charge is 2.42. The van der Waals surface area contributed by atoms with E-state index in [1.165, 1.54) is 29.2 Å². The number of H-pyrrole nitrogens is 2. The average Bonchev–Trinajstić information content (AvgIpc) is 1.72. The molecule has 101 heavy (non-hydrogen) atoms. The summed E-state index contributed by atoms with van der Waals surface area (Å²) >= 11 is 0. The number of hydrogen-bond acceptors (Lipinski definition) is 15. The van der Waals surface area contributed by atoms with Crippen LogP contribution in [-0.2, 0) is 94.4 Å². The minimum Gasteiger partial charge on any atom is -0.508 e. The van der Waals surface area contributed by atoms with Crippen LogP contribution in [0.15, 0.2) is 146 Å². The Balaban J connectivity index is 1.07. The Morgan fingerprint density at radius 2 is 0.881 bits per heavy atom. The number of fused-ring (bicyclic) bond motifs is 2. The van der Waals surface area contributed by atoms with Gasteiger partial charge in [0, 0.05) is 72.8 Å². The van der Waals surface area contributed by atoms with E-state index in [-0.39, 0.29) is 57.2 Å². The predicted octanol–water partition coefficient (Wildman–Crippen LogP) is 0.630. The largest absolute Gasteiger partial charge is 0.508 e. The highest BCUT2D eigenvalue weighted by atomic mass is 16.4. The van der Waals surface area contributed by atoms with Crippen LogP contribution in [-0.4, -0.2) is 179 Å². The van der Waals surface area contributed by atoms with E-state index >= 15 is 14.4 Å². The topological polar surface area (TPSA) is 486 Å². The molecule has 10 atom stereocenters. The van der Waals surface area contributed by atoms with E-state index in [9.17, 15) is 68.4 Å². The molecule has 0 unspecified atom stereocenters. The Labute approximate surface area is 578 Å². The maximum atomic E-state index is 15.4. The van der Waals surface area contributed by atoms with E-state index in [2.05, 4.69) is 52.5 Å². The number of primary amides is 1. The molecular formula is C71H81N13O17. The predicted molar refractivity (Wildman–Crippen MR) is 365 cm³/mol. The van der Waals surface area contributed by atoms with E-state index < -0.39 is 163 Å². The van der Waals surface area contributed by atoms with Crippen molar-refractivity contribution >= 4 is 98.8 Å². The molecule has 30 heteroatoms. The van der Waals surface area contributed by atoms with Gasteiger partial charge in [-0.15, -0.1) is 0 Å². The molecule has 30 nitrogen and oxygen atoms in total. The van der Waals surface area contributed by atoms with E-state index in [1.807, 2.05) is 0 Å². The minimum absolute atomic E-state index is 0.0239. The number of carboxylic acid groups (broad SMARTS) is 3. The molecule has 1 saturated heterocycles. The molecule has 3 heterocycles. The molecule has 8 rings (SSSR count). The number of phenols is 1. The molecule has 5 aromatic carbocycles. The highest BCUT2D eigenvalue weighted by Crippen LogP contribution is 2.25. The summed E-state index contributed by atoms with van der Waals surface area (Å²) in [5, 5.41) is 61.2.